The highest BCUT2D eigenvalue weighted by Crippen LogP contribution is 2.37. The first-order chi connectivity index (χ1) is 19.5. The van der Waals surface area contributed by atoms with Gasteiger partial charge in [-0.15, -0.1) is 0 Å². The fraction of sp³-hybridized carbons (Fsp3) is 0.355. The Hall–Kier alpha value is -4.05. The molecule has 1 saturated heterocycles. The van der Waals surface area contributed by atoms with Crippen molar-refractivity contribution in [1.82, 2.24) is 19.8 Å². The predicted octanol–water partition coefficient (Wildman–Crippen LogP) is 6.16. The van der Waals surface area contributed by atoms with E-state index in [1.807, 2.05) is 26.0 Å². The number of hydrogen-bond donors (Lipinski definition) is 2. The number of imidazole rings is 1. The Morgan fingerprint density at radius 1 is 0.976 bits per heavy atom. The Balaban J connectivity index is 1.17. The number of rotatable bonds is 2. The standard InChI is InChI=1S/C31H31F3N4O3/c1-19-15-22(21-3-8-26-27(17-21)36-20(2)35-26)16-23-18-38(13-14-41-28(19)23)29(39)37-11-9-30(40,10-12-37)24-4-6-25(7-5-24)31(32,33)34/h3-8,15-17,40H,9-14,18H2,1-2H3,(H,35,36). The number of nitrogens with one attached hydrogen (secondary N) is 1. The number of carbonyl (C=O) groups excluding carboxylic acids is 1. The van der Waals surface area contributed by atoms with Gasteiger partial charge in [-0.25, -0.2) is 9.78 Å². The van der Waals surface area contributed by atoms with Crippen LogP contribution in [0.15, 0.2) is 54.6 Å². The van der Waals surface area contributed by atoms with Crippen LogP contribution in [0.25, 0.3) is 22.2 Å². The molecule has 3 heterocycles. The molecule has 10 heteroatoms. The second-order valence-corrected chi connectivity index (χ2v) is 11.0. The SMILES string of the molecule is Cc1nc2ccc(-c3cc(C)c4c(c3)CN(C(=O)N3CCC(O)(c5ccc(C(F)(F)F)cc5)CC3)CCO4)cc2[nH]1. The van der Waals surface area contributed by atoms with E-state index in [-0.39, 0.29) is 18.9 Å². The van der Waals surface area contributed by atoms with Gasteiger partial charge in [0, 0.05) is 18.7 Å². The topological polar surface area (TPSA) is 81.7 Å². The molecule has 0 aliphatic carbocycles. The molecular formula is C31H31F3N4O3. The molecule has 1 aromatic heterocycles. The number of nitrogens with zero attached hydrogens (tertiary/aromatic N) is 3. The lowest BCUT2D eigenvalue weighted by Crippen LogP contribution is -2.50. The van der Waals surface area contributed by atoms with Gasteiger partial charge in [0.2, 0.25) is 0 Å². The molecule has 0 bridgehead atoms. The molecule has 0 spiro atoms. The van der Waals surface area contributed by atoms with Crippen molar-refractivity contribution in [2.45, 2.75) is 45.0 Å². The maximum absolute atomic E-state index is 13.6. The van der Waals surface area contributed by atoms with Gasteiger partial charge in [0.25, 0.3) is 0 Å². The summed E-state index contributed by atoms with van der Waals surface area (Å²) in [6.45, 7) is 5.68. The largest absolute Gasteiger partial charge is 0.491 e. The normalized spacial score (nSPS) is 17.2. The van der Waals surface area contributed by atoms with E-state index in [2.05, 4.69) is 28.2 Å². The molecule has 3 aromatic carbocycles. The van der Waals surface area contributed by atoms with E-state index in [1.54, 1.807) is 9.80 Å². The van der Waals surface area contributed by atoms with Gasteiger partial charge in [0.1, 0.15) is 18.2 Å². The van der Waals surface area contributed by atoms with E-state index in [0.717, 1.165) is 57.0 Å². The highest BCUT2D eigenvalue weighted by molar-refractivity contribution is 5.82. The van der Waals surface area contributed by atoms with Crippen LogP contribution in [0.2, 0.25) is 0 Å². The number of carbonyl (C=O) groups is 1. The summed E-state index contributed by atoms with van der Waals surface area (Å²) in [7, 11) is 0. The average molecular weight is 565 g/mol. The molecule has 2 aliphatic rings. The lowest BCUT2D eigenvalue weighted by molar-refractivity contribution is -0.137. The first-order valence-corrected chi connectivity index (χ1v) is 13.7. The second kappa shape index (κ2) is 10.1. The van der Waals surface area contributed by atoms with Crippen molar-refractivity contribution in [1.29, 1.82) is 0 Å². The van der Waals surface area contributed by atoms with Crippen molar-refractivity contribution in [3.8, 4) is 16.9 Å². The maximum atomic E-state index is 13.6. The Labute approximate surface area is 235 Å². The van der Waals surface area contributed by atoms with Crippen LogP contribution >= 0.6 is 0 Å². The number of likely N-dealkylation sites (tertiary alicyclic amines) is 1. The highest BCUT2D eigenvalue weighted by atomic mass is 19.4. The second-order valence-electron chi connectivity index (χ2n) is 11.0. The first-order valence-electron chi connectivity index (χ1n) is 13.7. The van der Waals surface area contributed by atoms with Crippen molar-refractivity contribution in [2.24, 2.45) is 0 Å². The zero-order chi connectivity index (χ0) is 28.9. The molecule has 0 atom stereocenters. The van der Waals surface area contributed by atoms with E-state index in [4.69, 9.17) is 4.74 Å². The molecule has 0 radical (unpaired) electrons. The Morgan fingerprint density at radius 3 is 2.41 bits per heavy atom. The summed E-state index contributed by atoms with van der Waals surface area (Å²) in [5.41, 5.74) is 4.23. The van der Waals surface area contributed by atoms with Crippen molar-refractivity contribution >= 4 is 17.1 Å². The van der Waals surface area contributed by atoms with Crippen molar-refractivity contribution < 1.29 is 27.8 Å². The van der Waals surface area contributed by atoms with Crippen molar-refractivity contribution in [3.05, 3.63) is 82.7 Å². The fourth-order valence-corrected chi connectivity index (χ4v) is 5.89. The number of aliphatic hydroxyl groups is 1. The number of alkyl halides is 3. The van der Waals surface area contributed by atoms with Gasteiger partial charge in [-0.2, -0.15) is 13.2 Å². The summed E-state index contributed by atoms with van der Waals surface area (Å²) in [5, 5.41) is 11.2. The summed E-state index contributed by atoms with van der Waals surface area (Å²) in [6, 6.07) is 14.7. The van der Waals surface area contributed by atoms with Gasteiger partial charge in [-0.1, -0.05) is 18.2 Å². The smallest absolute Gasteiger partial charge is 0.416 e. The van der Waals surface area contributed by atoms with Gasteiger partial charge >= 0.3 is 12.2 Å². The molecule has 1 fully saturated rings. The molecule has 41 heavy (non-hydrogen) atoms. The van der Waals surface area contributed by atoms with Crippen LogP contribution in [0.4, 0.5) is 18.0 Å². The molecule has 0 unspecified atom stereocenters. The first kappa shape index (κ1) is 27.1. The van der Waals surface area contributed by atoms with Crippen LogP contribution in [0.5, 0.6) is 5.75 Å². The van der Waals surface area contributed by atoms with Gasteiger partial charge in [-0.05, 0) is 85.3 Å². The molecule has 214 valence electrons. The number of H-pyrrole nitrogens is 1. The number of ether oxygens (including phenoxy) is 1. The number of halogens is 3. The van der Waals surface area contributed by atoms with Crippen LogP contribution in [0.3, 0.4) is 0 Å². The summed E-state index contributed by atoms with van der Waals surface area (Å²) < 4.78 is 45.0. The lowest BCUT2D eigenvalue weighted by atomic mass is 9.84. The zero-order valence-corrected chi connectivity index (χ0v) is 22.9. The fourth-order valence-electron chi connectivity index (χ4n) is 5.89. The van der Waals surface area contributed by atoms with E-state index in [1.165, 1.54) is 12.1 Å². The monoisotopic (exact) mass is 564 g/mol. The Morgan fingerprint density at radius 2 is 1.71 bits per heavy atom. The number of benzene rings is 3. The number of fused-ring (bicyclic) bond motifs is 2. The lowest BCUT2D eigenvalue weighted by Gasteiger charge is -2.40. The molecule has 2 N–H and O–H groups in total. The third kappa shape index (κ3) is 5.24. The van der Waals surface area contributed by atoms with E-state index in [9.17, 15) is 23.1 Å². The number of hydrogen-bond acceptors (Lipinski definition) is 4. The third-order valence-corrected chi connectivity index (χ3v) is 8.14. The molecule has 0 saturated carbocycles. The van der Waals surface area contributed by atoms with Crippen LogP contribution in [0, 0.1) is 13.8 Å². The summed E-state index contributed by atoms with van der Waals surface area (Å²) in [5.74, 6) is 1.64. The molecule has 2 aliphatic heterocycles. The molecule has 6 rings (SSSR count). The van der Waals surface area contributed by atoms with Crippen LogP contribution in [-0.2, 0) is 18.3 Å². The molecule has 4 aromatic rings. The van der Waals surface area contributed by atoms with E-state index >= 15 is 0 Å². The predicted molar refractivity (Wildman–Crippen MR) is 148 cm³/mol. The van der Waals surface area contributed by atoms with Crippen molar-refractivity contribution in [3.63, 3.8) is 0 Å². The Bertz CT molecular complexity index is 1610. The molecule has 7 nitrogen and oxygen atoms in total. The summed E-state index contributed by atoms with van der Waals surface area (Å²) in [4.78, 5) is 24.8. The minimum Gasteiger partial charge on any atom is -0.491 e. The van der Waals surface area contributed by atoms with Crippen LogP contribution in [-0.4, -0.2) is 57.1 Å². The van der Waals surface area contributed by atoms with Gasteiger partial charge < -0.3 is 24.6 Å². The zero-order valence-electron chi connectivity index (χ0n) is 22.9. The highest BCUT2D eigenvalue weighted by Gasteiger charge is 2.38. The van der Waals surface area contributed by atoms with Gasteiger partial charge in [-0.3, -0.25) is 0 Å². The maximum Gasteiger partial charge on any atom is 0.416 e. The minimum atomic E-state index is -4.43. The number of urea groups is 1. The molecular weight excluding hydrogens is 533 g/mol. The van der Waals surface area contributed by atoms with Crippen LogP contribution in [0.1, 0.15) is 40.9 Å². The number of amides is 2. The summed E-state index contributed by atoms with van der Waals surface area (Å²) in [6.07, 6.45) is -3.95. The van der Waals surface area contributed by atoms with E-state index in [0.29, 0.717) is 38.3 Å². The average Bonchev–Trinajstić information content (AvgIpc) is 3.18. The van der Waals surface area contributed by atoms with E-state index < -0.39 is 17.3 Å². The number of piperidine rings is 1. The summed E-state index contributed by atoms with van der Waals surface area (Å²) >= 11 is 0. The number of aromatic nitrogens is 2. The van der Waals surface area contributed by atoms with Crippen LogP contribution < -0.4 is 4.74 Å². The van der Waals surface area contributed by atoms with Crippen molar-refractivity contribution in [2.75, 3.05) is 26.2 Å². The number of aryl methyl sites for hydroxylation is 2. The number of aromatic amines is 1. The Kier molecular flexibility index (Phi) is 6.68. The van der Waals surface area contributed by atoms with Gasteiger partial charge in [0.05, 0.1) is 35.3 Å². The minimum absolute atomic E-state index is 0.145. The molecule has 2 amide bonds. The van der Waals surface area contributed by atoms with Gasteiger partial charge in [0.15, 0.2) is 0 Å². The quantitative estimate of drug-likeness (QED) is 0.306. The third-order valence-electron chi connectivity index (χ3n) is 8.14.